The number of ether oxygens (including phenoxy) is 1. The number of thiazole rings is 1. The molecule has 3 aromatic heterocycles. The largest absolute Gasteiger partial charge is 0.427 e. The number of carbonyl (C=O) groups excluding carboxylic acids is 2. The molecule has 1 saturated heterocycles. The van der Waals surface area contributed by atoms with E-state index >= 15 is 0 Å². The monoisotopic (exact) mass is 971 g/mol. The highest BCUT2D eigenvalue weighted by molar-refractivity contribution is 7.99. The van der Waals surface area contributed by atoms with Gasteiger partial charge in [0.1, 0.15) is 5.69 Å². The van der Waals surface area contributed by atoms with Crippen molar-refractivity contribution in [1.82, 2.24) is 29.2 Å². The molecule has 2 amide bonds. The van der Waals surface area contributed by atoms with Crippen molar-refractivity contribution in [3.63, 3.8) is 0 Å². The zero-order valence-corrected chi connectivity index (χ0v) is 37.7. The quantitative estimate of drug-likeness (QED) is 0.0757. The van der Waals surface area contributed by atoms with Gasteiger partial charge in [-0.1, -0.05) is 30.3 Å². The summed E-state index contributed by atoms with van der Waals surface area (Å²) in [4.78, 5) is 38.8. The van der Waals surface area contributed by atoms with Crippen molar-refractivity contribution in [3.8, 4) is 0 Å². The van der Waals surface area contributed by atoms with E-state index in [1.54, 1.807) is 36.7 Å². The lowest BCUT2D eigenvalue weighted by molar-refractivity contribution is 0.0370. The standard InChI is InChI=1S/C41H40ClF2N9O7S4/c42-41(43,44)63(56,57)35-22-30(11-12-33(35)46-28(14-16-51-18-20-60-21-19-51)25-61-29-7-2-1-3-8-29)64(58,59)50-39(55)34-26-62-40(47-34)52-17-13-27-6-4-9-31(32(27)23-52)38(54)49-36-24-53-37(48-36)10-5-15-45-53/h1-12,15,22,24,26,28,46H,13-14,16-21,23,25H2,(H,49,54)(H,50,55)/t28-/m1/s1. The Labute approximate surface area is 380 Å². The molecule has 23 heteroatoms. The van der Waals surface area contributed by atoms with E-state index in [1.807, 2.05) is 46.0 Å². The van der Waals surface area contributed by atoms with E-state index in [2.05, 4.69) is 30.6 Å². The number of imidazole rings is 1. The fourth-order valence-corrected chi connectivity index (χ4v) is 11.3. The Morgan fingerprint density at radius 2 is 1.75 bits per heavy atom. The number of hydrogen-bond acceptors (Lipinski definition) is 15. The van der Waals surface area contributed by atoms with Gasteiger partial charge < -0.3 is 20.3 Å². The fraction of sp³-hybridized carbons (Fsp3) is 0.293. The minimum Gasteiger partial charge on any atom is -0.380 e. The maximum atomic E-state index is 14.6. The molecule has 6 aromatic rings. The lowest BCUT2D eigenvalue weighted by Gasteiger charge is -2.29. The molecule has 2 aliphatic heterocycles. The second-order valence-corrected chi connectivity index (χ2v) is 21.1. The number of carbonyl (C=O) groups is 2. The first kappa shape index (κ1) is 45.3. The summed E-state index contributed by atoms with van der Waals surface area (Å²) in [5.74, 6) is -0.803. The van der Waals surface area contributed by atoms with Crippen LogP contribution in [-0.2, 0) is 37.6 Å². The molecule has 2 aliphatic rings. The van der Waals surface area contributed by atoms with Crippen LogP contribution in [0.1, 0.15) is 38.4 Å². The summed E-state index contributed by atoms with van der Waals surface area (Å²) in [5, 5.41) is 11.8. The van der Waals surface area contributed by atoms with Crippen LogP contribution in [-0.4, -0.2) is 109 Å². The molecule has 0 unspecified atom stereocenters. The minimum atomic E-state index is -5.67. The van der Waals surface area contributed by atoms with Crippen molar-refractivity contribution in [2.45, 2.75) is 44.8 Å². The Morgan fingerprint density at radius 1 is 0.953 bits per heavy atom. The number of alkyl halides is 3. The molecule has 64 heavy (non-hydrogen) atoms. The van der Waals surface area contributed by atoms with Crippen LogP contribution in [0.5, 0.6) is 0 Å². The molecule has 1 fully saturated rings. The van der Waals surface area contributed by atoms with E-state index < -0.39 is 46.3 Å². The van der Waals surface area contributed by atoms with Gasteiger partial charge in [-0.15, -0.1) is 23.1 Å². The molecule has 3 N–H and O–H groups in total. The topological polar surface area (TPSA) is 197 Å². The summed E-state index contributed by atoms with van der Waals surface area (Å²) >= 11 is 7.69. The van der Waals surface area contributed by atoms with Crippen molar-refractivity contribution in [2.24, 2.45) is 0 Å². The number of benzene rings is 3. The maximum absolute atomic E-state index is 14.6. The van der Waals surface area contributed by atoms with Crippen molar-refractivity contribution >= 4 is 88.7 Å². The smallest absolute Gasteiger partial charge is 0.380 e. The number of aromatic nitrogens is 4. The van der Waals surface area contributed by atoms with Gasteiger partial charge in [-0.2, -0.15) is 13.9 Å². The van der Waals surface area contributed by atoms with Crippen molar-refractivity contribution in [3.05, 3.63) is 119 Å². The number of nitrogens with one attached hydrogen (secondary N) is 3. The first-order valence-electron chi connectivity index (χ1n) is 19.8. The first-order chi connectivity index (χ1) is 30.6. The number of hydrogen-bond donors (Lipinski definition) is 3. The molecule has 0 aliphatic carbocycles. The van der Waals surface area contributed by atoms with Crippen LogP contribution in [0.25, 0.3) is 5.65 Å². The van der Waals surface area contributed by atoms with Gasteiger partial charge in [0.2, 0.25) is 0 Å². The Hall–Kier alpha value is -5.23. The number of sulfone groups is 1. The normalized spacial score (nSPS) is 15.4. The maximum Gasteiger partial charge on any atom is 0.427 e. The van der Waals surface area contributed by atoms with E-state index in [-0.39, 0.29) is 23.8 Å². The van der Waals surface area contributed by atoms with Gasteiger partial charge in [0.25, 0.3) is 31.7 Å². The third-order valence-corrected chi connectivity index (χ3v) is 16.1. The van der Waals surface area contributed by atoms with Gasteiger partial charge in [0.05, 0.1) is 34.9 Å². The fourth-order valence-electron chi connectivity index (χ4n) is 7.21. The highest BCUT2D eigenvalue weighted by atomic mass is 35.5. The van der Waals surface area contributed by atoms with Crippen LogP contribution < -0.4 is 20.3 Å². The van der Waals surface area contributed by atoms with Gasteiger partial charge in [-0.3, -0.25) is 14.5 Å². The molecular formula is C41H40ClF2N9O7S4. The first-order valence-corrected chi connectivity index (χ1v) is 25.1. The summed E-state index contributed by atoms with van der Waals surface area (Å²) in [6.45, 7) is 3.81. The third kappa shape index (κ3) is 10.3. The molecule has 0 saturated carbocycles. The number of halogens is 3. The Kier molecular flexibility index (Phi) is 13.5. The summed E-state index contributed by atoms with van der Waals surface area (Å²) in [6, 6.07) is 20.5. The average Bonchev–Trinajstić information content (AvgIpc) is 3.95. The molecule has 0 radical (unpaired) electrons. The Balaban J connectivity index is 0.984. The Morgan fingerprint density at radius 3 is 2.52 bits per heavy atom. The lowest BCUT2D eigenvalue weighted by Crippen LogP contribution is -2.39. The van der Waals surface area contributed by atoms with E-state index in [1.165, 1.54) is 21.7 Å². The molecule has 0 bridgehead atoms. The highest BCUT2D eigenvalue weighted by Crippen LogP contribution is 2.38. The van der Waals surface area contributed by atoms with E-state index in [4.69, 9.17) is 16.3 Å². The van der Waals surface area contributed by atoms with Crippen LogP contribution in [0.15, 0.2) is 111 Å². The van der Waals surface area contributed by atoms with Gasteiger partial charge in [-0.25, -0.2) is 36.0 Å². The summed E-state index contributed by atoms with van der Waals surface area (Å²) in [7, 11) is -10.5. The zero-order chi connectivity index (χ0) is 45.1. The third-order valence-electron chi connectivity index (χ3n) is 10.5. The number of rotatable bonds is 16. The molecule has 0 spiro atoms. The summed E-state index contributed by atoms with van der Waals surface area (Å²) in [6.07, 6.45) is 4.22. The van der Waals surface area contributed by atoms with Crippen LogP contribution >= 0.6 is 34.7 Å². The van der Waals surface area contributed by atoms with Crippen LogP contribution in [0.3, 0.4) is 0 Å². The van der Waals surface area contributed by atoms with Crippen molar-refractivity contribution < 1.29 is 39.9 Å². The average molecular weight is 973 g/mol. The summed E-state index contributed by atoms with van der Waals surface area (Å²) in [5.41, 5.74) is 2.11. The number of amides is 2. The van der Waals surface area contributed by atoms with Crippen molar-refractivity contribution in [2.75, 3.05) is 60.7 Å². The summed E-state index contributed by atoms with van der Waals surface area (Å²) < 4.78 is 87.2. The number of sulfonamides is 1. The van der Waals surface area contributed by atoms with Gasteiger partial charge >= 0.3 is 4.71 Å². The second-order valence-electron chi connectivity index (χ2n) is 14.8. The predicted molar refractivity (Wildman–Crippen MR) is 240 cm³/mol. The molecule has 5 heterocycles. The van der Waals surface area contributed by atoms with Gasteiger partial charge in [0, 0.05) is 66.6 Å². The number of fused-ring (bicyclic) bond motifs is 2. The molecule has 16 nitrogen and oxygen atoms in total. The van der Waals surface area contributed by atoms with Crippen LogP contribution in [0.2, 0.25) is 0 Å². The van der Waals surface area contributed by atoms with Crippen LogP contribution in [0, 0.1) is 0 Å². The molecule has 1 atom stereocenters. The molecule has 336 valence electrons. The van der Waals surface area contributed by atoms with Crippen LogP contribution in [0.4, 0.5) is 25.4 Å². The number of thioether (sulfide) groups is 1. The van der Waals surface area contributed by atoms with E-state index in [0.717, 1.165) is 39.5 Å². The Bertz CT molecular complexity index is 2860. The second kappa shape index (κ2) is 19.1. The number of nitrogens with zero attached hydrogens (tertiary/aromatic N) is 6. The van der Waals surface area contributed by atoms with Crippen molar-refractivity contribution in [1.29, 1.82) is 0 Å². The number of morpholine rings is 1. The minimum absolute atomic E-state index is 0.250. The lowest BCUT2D eigenvalue weighted by atomic mass is 9.94. The van der Waals surface area contributed by atoms with Gasteiger partial charge in [0.15, 0.2) is 16.6 Å². The van der Waals surface area contributed by atoms with Gasteiger partial charge in [-0.05, 0) is 84.1 Å². The zero-order valence-electron chi connectivity index (χ0n) is 33.7. The predicted octanol–water partition coefficient (Wildman–Crippen LogP) is 5.98. The molecule has 8 rings (SSSR count). The molecular weight excluding hydrogens is 932 g/mol. The SMILES string of the molecule is O=C(NS(=O)(=O)c1ccc(N[C@H](CCN2CCOCC2)CSc2ccccc2)c(S(=O)(=O)C(F)(F)Cl)c1)c1csc(N2CCc3cccc(C(=O)Nc4cn5ncccc5n4)c3C2)n1. The van der Waals surface area contributed by atoms with E-state index in [9.17, 15) is 35.2 Å². The molecule has 3 aromatic carbocycles. The highest BCUT2D eigenvalue weighted by Gasteiger charge is 2.46. The number of anilines is 3. The van der Waals surface area contributed by atoms with E-state index in [0.29, 0.717) is 86.2 Å².